The van der Waals surface area contributed by atoms with E-state index in [1.807, 2.05) is 0 Å². The van der Waals surface area contributed by atoms with Gasteiger partial charge in [0.1, 0.15) is 0 Å². The Balaban J connectivity index is 1.90. The average Bonchev–Trinajstić information content (AvgIpc) is 2.67. The summed E-state index contributed by atoms with van der Waals surface area (Å²) in [5, 5.41) is 3.36. The van der Waals surface area contributed by atoms with Crippen LogP contribution in [-0.4, -0.2) is 56.4 Å². The first-order chi connectivity index (χ1) is 6.42. The van der Waals surface area contributed by atoms with E-state index in [9.17, 15) is 0 Å². The second-order valence-electron chi connectivity index (χ2n) is 3.79. The molecule has 2 aliphatic heterocycles. The molecule has 2 fully saturated rings. The van der Waals surface area contributed by atoms with E-state index in [0.717, 1.165) is 39.2 Å². The fourth-order valence-corrected chi connectivity index (χ4v) is 2.29. The molecule has 2 saturated heterocycles. The molecule has 0 spiro atoms. The van der Waals surface area contributed by atoms with Crippen molar-refractivity contribution in [2.24, 2.45) is 5.73 Å². The highest BCUT2D eigenvalue weighted by Gasteiger charge is 2.32. The molecular formula is C9H19N3O. The van der Waals surface area contributed by atoms with Crippen LogP contribution >= 0.6 is 0 Å². The summed E-state index contributed by atoms with van der Waals surface area (Å²) >= 11 is 0. The molecule has 0 aliphatic carbocycles. The van der Waals surface area contributed by atoms with E-state index in [1.54, 1.807) is 0 Å². The van der Waals surface area contributed by atoms with Crippen molar-refractivity contribution >= 4 is 0 Å². The van der Waals surface area contributed by atoms with Crippen molar-refractivity contribution < 1.29 is 4.74 Å². The molecule has 0 saturated carbocycles. The molecule has 2 rings (SSSR count). The third-order valence-electron chi connectivity index (χ3n) is 3.03. The Labute approximate surface area is 79.4 Å². The van der Waals surface area contributed by atoms with Gasteiger partial charge in [-0.25, -0.2) is 0 Å². The lowest BCUT2D eigenvalue weighted by Crippen LogP contribution is -2.52. The van der Waals surface area contributed by atoms with E-state index < -0.39 is 0 Å². The molecule has 0 unspecified atom stereocenters. The summed E-state index contributed by atoms with van der Waals surface area (Å²) in [7, 11) is 0. The Morgan fingerprint density at radius 2 is 2.15 bits per heavy atom. The van der Waals surface area contributed by atoms with Crippen molar-refractivity contribution in [2.75, 3.05) is 39.3 Å². The maximum Gasteiger partial charge on any atom is 0.0852 e. The number of nitrogens with zero attached hydrogens (tertiary/aromatic N) is 1. The summed E-state index contributed by atoms with van der Waals surface area (Å²) in [4.78, 5) is 2.51. The second kappa shape index (κ2) is 4.37. The zero-order valence-electron chi connectivity index (χ0n) is 8.04. The SMILES string of the molecule is NC[C@H]1OCC[C@H]1N1CCNCC1. The lowest BCUT2D eigenvalue weighted by molar-refractivity contribution is 0.0620. The summed E-state index contributed by atoms with van der Waals surface area (Å²) in [6.07, 6.45) is 1.43. The maximum absolute atomic E-state index is 5.66. The van der Waals surface area contributed by atoms with E-state index in [4.69, 9.17) is 10.5 Å². The van der Waals surface area contributed by atoms with E-state index in [1.165, 1.54) is 0 Å². The van der Waals surface area contributed by atoms with Gasteiger partial charge in [-0.15, -0.1) is 0 Å². The van der Waals surface area contributed by atoms with Gasteiger partial charge in [0.15, 0.2) is 0 Å². The van der Waals surface area contributed by atoms with Gasteiger partial charge in [-0.05, 0) is 6.42 Å². The summed E-state index contributed by atoms with van der Waals surface area (Å²) in [6.45, 7) is 6.04. The van der Waals surface area contributed by atoms with Crippen LogP contribution in [0.25, 0.3) is 0 Å². The molecule has 3 N–H and O–H groups in total. The Morgan fingerprint density at radius 1 is 1.38 bits per heavy atom. The molecule has 4 heteroatoms. The summed E-state index contributed by atoms with van der Waals surface area (Å²) < 4.78 is 5.58. The molecule has 0 aromatic heterocycles. The van der Waals surface area contributed by atoms with Crippen LogP contribution in [0.1, 0.15) is 6.42 Å². The quantitative estimate of drug-likeness (QED) is 0.580. The van der Waals surface area contributed by atoms with Gasteiger partial charge in [0.05, 0.1) is 6.10 Å². The minimum absolute atomic E-state index is 0.276. The first-order valence-corrected chi connectivity index (χ1v) is 5.18. The van der Waals surface area contributed by atoms with Crippen LogP contribution in [0.4, 0.5) is 0 Å². The van der Waals surface area contributed by atoms with Crippen molar-refractivity contribution in [3.8, 4) is 0 Å². The Hall–Kier alpha value is -0.160. The third-order valence-corrected chi connectivity index (χ3v) is 3.03. The maximum atomic E-state index is 5.66. The highest BCUT2D eigenvalue weighted by molar-refractivity contribution is 4.87. The molecule has 0 amide bonds. The normalized spacial score (nSPS) is 36.7. The summed E-state index contributed by atoms with van der Waals surface area (Å²) in [5.74, 6) is 0. The fourth-order valence-electron chi connectivity index (χ4n) is 2.29. The van der Waals surface area contributed by atoms with Crippen LogP contribution in [-0.2, 0) is 4.74 Å². The molecule has 2 aliphatic rings. The number of ether oxygens (including phenoxy) is 1. The van der Waals surface area contributed by atoms with Gasteiger partial charge in [-0.2, -0.15) is 0 Å². The first-order valence-electron chi connectivity index (χ1n) is 5.18. The highest BCUT2D eigenvalue weighted by Crippen LogP contribution is 2.19. The predicted octanol–water partition coefficient (Wildman–Crippen LogP) is -0.992. The summed E-state index contributed by atoms with van der Waals surface area (Å²) in [6, 6.07) is 0.576. The summed E-state index contributed by atoms with van der Waals surface area (Å²) in [5.41, 5.74) is 5.66. The van der Waals surface area contributed by atoms with Crippen molar-refractivity contribution in [1.29, 1.82) is 0 Å². The van der Waals surface area contributed by atoms with Crippen LogP contribution in [0.2, 0.25) is 0 Å². The van der Waals surface area contributed by atoms with E-state index in [-0.39, 0.29) is 6.10 Å². The van der Waals surface area contributed by atoms with Crippen molar-refractivity contribution in [2.45, 2.75) is 18.6 Å². The Morgan fingerprint density at radius 3 is 2.85 bits per heavy atom. The third kappa shape index (κ3) is 2.02. The smallest absolute Gasteiger partial charge is 0.0852 e. The van der Waals surface area contributed by atoms with Crippen LogP contribution in [0.5, 0.6) is 0 Å². The lowest BCUT2D eigenvalue weighted by atomic mass is 10.1. The molecule has 13 heavy (non-hydrogen) atoms. The minimum Gasteiger partial charge on any atom is -0.375 e. The van der Waals surface area contributed by atoms with Gasteiger partial charge in [0.2, 0.25) is 0 Å². The highest BCUT2D eigenvalue weighted by atomic mass is 16.5. The van der Waals surface area contributed by atoms with Crippen molar-refractivity contribution in [1.82, 2.24) is 10.2 Å². The first kappa shape index (κ1) is 9.40. The number of rotatable bonds is 2. The van der Waals surface area contributed by atoms with E-state index in [0.29, 0.717) is 12.6 Å². The Bertz CT molecular complexity index is 159. The van der Waals surface area contributed by atoms with Gasteiger partial charge >= 0.3 is 0 Å². The number of nitrogens with one attached hydrogen (secondary N) is 1. The second-order valence-corrected chi connectivity index (χ2v) is 3.79. The Kier molecular flexibility index (Phi) is 3.16. The zero-order valence-corrected chi connectivity index (χ0v) is 8.04. The fraction of sp³-hybridized carbons (Fsp3) is 1.00. The van der Waals surface area contributed by atoms with Gasteiger partial charge in [0, 0.05) is 45.4 Å². The molecule has 0 aromatic carbocycles. The number of hydrogen-bond acceptors (Lipinski definition) is 4. The standard InChI is InChI=1S/C9H19N3O/c10-7-9-8(1-6-13-9)12-4-2-11-3-5-12/h8-9,11H,1-7,10H2/t8-,9-/m1/s1. The predicted molar refractivity (Wildman–Crippen MR) is 51.6 cm³/mol. The molecular weight excluding hydrogens is 166 g/mol. The van der Waals surface area contributed by atoms with Crippen LogP contribution in [0, 0.1) is 0 Å². The number of hydrogen-bond donors (Lipinski definition) is 2. The molecule has 76 valence electrons. The average molecular weight is 185 g/mol. The largest absolute Gasteiger partial charge is 0.375 e. The van der Waals surface area contributed by atoms with Gasteiger partial charge in [0.25, 0.3) is 0 Å². The van der Waals surface area contributed by atoms with Gasteiger partial charge < -0.3 is 15.8 Å². The lowest BCUT2D eigenvalue weighted by Gasteiger charge is -2.34. The van der Waals surface area contributed by atoms with Crippen LogP contribution in [0.3, 0.4) is 0 Å². The van der Waals surface area contributed by atoms with E-state index in [2.05, 4.69) is 10.2 Å². The number of nitrogens with two attached hydrogens (primary N) is 1. The number of piperazine rings is 1. The van der Waals surface area contributed by atoms with Crippen molar-refractivity contribution in [3.63, 3.8) is 0 Å². The van der Waals surface area contributed by atoms with E-state index >= 15 is 0 Å². The van der Waals surface area contributed by atoms with Crippen LogP contribution in [0.15, 0.2) is 0 Å². The monoisotopic (exact) mass is 185 g/mol. The zero-order chi connectivity index (χ0) is 9.10. The van der Waals surface area contributed by atoms with Crippen LogP contribution < -0.4 is 11.1 Å². The molecule has 0 aromatic rings. The van der Waals surface area contributed by atoms with Crippen molar-refractivity contribution in [3.05, 3.63) is 0 Å². The molecule has 0 bridgehead atoms. The topological polar surface area (TPSA) is 50.5 Å². The molecule has 0 radical (unpaired) electrons. The molecule has 2 atom stereocenters. The van der Waals surface area contributed by atoms with Gasteiger partial charge in [-0.3, -0.25) is 4.90 Å². The minimum atomic E-state index is 0.276. The van der Waals surface area contributed by atoms with Gasteiger partial charge in [-0.1, -0.05) is 0 Å². The molecule has 2 heterocycles. The molecule has 4 nitrogen and oxygen atoms in total.